The standard InChI is InChI=1S/C20H24BrN3O3/c1-3-12-27-19-17(21)13-15(14-18(19)26-2)20(25)24-10-8-23(9-11-24)16-4-6-22-7-5-16/h4-7,13-14H,3,8-12H2,1-2H3. The first-order valence-corrected chi connectivity index (χ1v) is 9.88. The number of carbonyl (C=O) groups is 1. The van der Waals surface area contributed by atoms with Crippen molar-refractivity contribution in [2.24, 2.45) is 0 Å². The summed E-state index contributed by atoms with van der Waals surface area (Å²) in [6.45, 7) is 5.59. The van der Waals surface area contributed by atoms with Gasteiger partial charge in [0, 0.05) is 49.8 Å². The Kier molecular flexibility index (Phi) is 6.55. The van der Waals surface area contributed by atoms with Crippen molar-refractivity contribution in [2.75, 3.05) is 44.8 Å². The summed E-state index contributed by atoms with van der Waals surface area (Å²) < 4.78 is 11.9. The molecular formula is C20H24BrN3O3. The zero-order valence-corrected chi connectivity index (χ0v) is 17.2. The van der Waals surface area contributed by atoms with Crippen LogP contribution in [-0.2, 0) is 0 Å². The number of nitrogens with zero attached hydrogens (tertiary/aromatic N) is 3. The highest BCUT2D eigenvalue weighted by atomic mass is 79.9. The minimum Gasteiger partial charge on any atom is -0.493 e. The number of ether oxygens (including phenoxy) is 2. The van der Waals surface area contributed by atoms with Crippen molar-refractivity contribution in [3.8, 4) is 11.5 Å². The number of hydrogen-bond acceptors (Lipinski definition) is 5. The minimum atomic E-state index is 0.00502. The van der Waals surface area contributed by atoms with Crippen molar-refractivity contribution in [3.05, 3.63) is 46.7 Å². The summed E-state index contributed by atoms with van der Waals surface area (Å²) in [5, 5.41) is 0. The van der Waals surface area contributed by atoms with Gasteiger partial charge in [-0.05, 0) is 46.6 Å². The number of anilines is 1. The molecule has 1 fully saturated rings. The summed E-state index contributed by atoms with van der Waals surface area (Å²) in [5.74, 6) is 1.21. The van der Waals surface area contributed by atoms with E-state index < -0.39 is 0 Å². The second-order valence-corrected chi connectivity index (χ2v) is 7.18. The lowest BCUT2D eigenvalue weighted by atomic mass is 10.1. The second-order valence-electron chi connectivity index (χ2n) is 6.32. The largest absolute Gasteiger partial charge is 0.493 e. The molecule has 144 valence electrons. The number of carbonyl (C=O) groups excluding carboxylic acids is 1. The topological polar surface area (TPSA) is 54.9 Å². The number of benzene rings is 1. The fourth-order valence-electron chi connectivity index (χ4n) is 3.09. The number of rotatable bonds is 6. The summed E-state index contributed by atoms with van der Waals surface area (Å²) in [6.07, 6.45) is 4.48. The van der Waals surface area contributed by atoms with Gasteiger partial charge in [-0.1, -0.05) is 6.92 Å². The number of pyridine rings is 1. The van der Waals surface area contributed by atoms with Crippen molar-refractivity contribution in [1.29, 1.82) is 0 Å². The maximum atomic E-state index is 13.0. The third-order valence-electron chi connectivity index (χ3n) is 4.52. The lowest BCUT2D eigenvalue weighted by Gasteiger charge is -2.36. The van der Waals surface area contributed by atoms with E-state index in [0.29, 0.717) is 36.8 Å². The van der Waals surface area contributed by atoms with Gasteiger partial charge in [0.25, 0.3) is 5.91 Å². The SMILES string of the molecule is CCCOc1c(Br)cc(C(=O)N2CCN(c3ccncc3)CC2)cc1OC. The Morgan fingerprint density at radius 3 is 2.52 bits per heavy atom. The molecule has 1 aromatic carbocycles. The van der Waals surface area contributed by atoms with Gasteiger partial charge in [0.15, 0.2) is 11.5 Å². The molecule has 1 aliphatic rings. The quantitative estimate of drug-likeness (QED) is 0.696. The van der Waals surface area contributed by atoms with Gasteiger partial charge in [-0.15, -0.1) is 0 Å². The van der Waals surface area contributed by atoms with Gasteiger partial charge in [0.1, 0.15) is 0 Å². The maximum Gasteiger partial charge on any atom is 0.254 e. The zero-order valence-electron chi connectivity index (χ0n) is 15.7. The van der Waals surface area contributed by atoms with Crippen LogP contribution in [0.1, 0.15) is 23.7 Å². The first-order valence-electron chi connectivity index (χ1n) is 9.08. The van der Waals surface area contributed by atoms with Gasteiger partial charge in [-0.3, -0.25) is 9.78 Å². The van der Waals surface area contributed by atoms with Crippen LogP contribution in [-0.4, -0.2) is 55.7 Å². The maximum absolute atomic E-state index is 13.0. The van der Waals surface area contributed by atoms with E-state index in [4.69, 9.17) is 9.47 Å². The van der Waals surface area contributed by atoms with Crippen molar-refractivity contribution < 1.29 is 14.3 Å². The molecule has 1 saturated heterocycles. The fraction of sp³-hybridized carbons (Fsp3) is 0.400. The van der Waals surface area contributed by atoms with E-state index in [1.807, 2.05) is 30.0 Å². The second kappa shape index (κ2) is 9.08. The van der Waals surface area contributed by atoms with Crippen LogP contribution in [0.25, 0.3) is 0 Å². The number of aromatic nitrogens is 1. The highest BCUT2D eigenvalue weighted by Crippen LogP contribution is 2.37. The third-order valence-corrected chi connectivity index (χ3v) is 5.11. The molecule has 1 aliphatic heterocycles. The van der Waals surface area contributed by atoms with E-state index in [9.17, 15) is 4.79 Å². The normalized spacial score (nSPS) is 14.2. The number of piperazine rings is 1. The van der Waals surface area contributed by atoms with E-state index in [1.54, 1.807) is 25.6 Å². The predicted molar refractivity (Wildman–Crippen MR) is 109 cm³/mol. The number of hydrogen-bond donors (Lipinski definition) is 0. The van der Waals surface area contributed by atoms with Gasteiger partial charge < -0.3 is 19.3 Å². The van der Waals surface area contributed by atoms with Crippen LogP contribution in [0, 0.1) is 0 Å². The number of halogens is 1. The highest BCUT2D eigenvalue weighted by molar-refractivity contribution is 9.10. The smallest absolute Gasteiger partial charge is 0.254 e. The van der Waals surface area contributed by atoms with Gasteiger partial charge in [0.2, 0.25) is 0 Å². The van der Waals surface area contributed by atoms with Gasteiger partial charge >= 0.3 is 0 Å². The Bertz CT molecular complexity index is 778. The molecule has 0 spiro atoms. The number of methoxy groups -OCH3 is 1. The summed E-state index contributed by atoms with van der Waals surface area (Å²) in [6, 6.07) is 7.56. The fourth-order valence-corrected chi connectivity index (χ4v) is 3.65. The predicted octanol–water partition coefficient (Wildman–Crippen LogP) is 3.60. The van der Waals surface area contributed by atoms with Gasteiger partial charge in [-0.25, -0.2) is 0 Å². The van der Waals surface area contributed by atoms with Gasteiger partial charge in [0.05, 0.1) is 18.2 Å². The van der Waals surface area contributed by atoms with Crippen LogP contribution in [0.4, 0.5) is 5.69 Å². The molecule has 0 saturated carbocycles. The summed E-state index contributed by atoms with van der Waals surface area (Å²) in [5.41, 5.74) is 1.74. The van der Waals surface area contributed by atoms with Crippen molar-refractivity contribution >= 4 is 27.5 Å². The molecule has 7 heteroatoms. The van der Waals surface area contributed by atoms with E-state index in [0.717, 1.165) is 29.7 Å². The van der Waals surface area contributed by atoms with E-state index in [2.05, 4.69) is 25.8 Å². The molecule has 6 nitrogen and oxygen atoms in total. The molecular weight excluding hydrogens is 410 g/mol. The monoisotopic (exact) mass is 433 g/mol. The van der Waals surface area contributed by atoms with Crippen molar-refractivity contribution in [1.82, 2.24) is 9.88 Å². The molecule has 0 radical (unpaired) electrons. The minimum absolute atomic E-state index is 0.00502. The average molecular weight is 434 g/mol. The number of amides is 1. The summed E-state index contributed by atoms with van der Waals surface area (Å²) in [7, 11) is 1.59. The Hall–Kier alpha value is -2.28. The molecule has 2 heterocycles. The van der Waals surface area contributed by atoms with E-state index >= 15 is 0 Å². The third kappa shape index (κ3) is 4.53. The first kappa shape index (κ1) is 19.5. The van der Waals surface area contributed by atoms with Crippen molar-refractivity contribution in [3.63, 3.8) is 0 Å². The molecule has 0 bridgehead atoms. The molecule has 0 atom stereocenters. The van der Waals surface area contributed by atoms with Crippen LogP contribution in [0.2, 0.25) is 0 Å². The Morgan fingerprint density at radius 1 is 1.19 bits per heavy atom. The van der Waals surface area contributed by atoms with Crippen LogP contribution in [0.5, 0.6) is 11.5 Å². The van der Waals surface area contributed by atoms with Gasteiger partial charge in [-0.2, -0.15) is 0 Å². The zero-order chi connectivity index (χ0) is 19.2. The molecule has 1 amide bonds. The molecule has 1 aromatic heterocycles. The molecule has 27 heavy (non-hydrogen) atoms. The molecule has 3 rings (SSSR count). The van der Waals surface area contributed by atoms with Crippen LogP contribution in [0.3, 0.4) is 0 Å². The van der Waals surface area contributed by atoms with Crippen LogP contribution >= 0.6 is 15.9 Å². The lowest BCUT2D eigenvalue weighted by molar-refractivity contribution is 0.0746. The van der Waals surface area contributed by atoms with E-state index in [-0.39, 0.29) is 5.91 Å². The van der Waals surface area contributed by atoms with E-state index in [1.165, 1.54) is 0 Å². The van der Waals surface area contributed by atoms with Crippen molar-refractivity contribution in [2.45, 2.75) is 13.3 Å². The Morgan fingerprint density at radius 2 is 1.89 bits per heavy atom. The highest BCUT2D eigenvalue weighted by Gasteiger charge is 2.24. The molecule has 0 N–H and O–H groups in total. The van der Waals surface area contributed by atoms with Crippen LogP contribution < -0.4 is 14.4 Å². The first-order chi connectivity index (χ1) is 13.1. The Labute approximate surface area is 168 Å². The molecule has 0 unspecified atom stereocenters. The molecule has 0 aliphatic carbocycles. The Balaban J connectivity index is 1.70. The average Bonchev–Trinajstić information content (AvgIpc) is 2.72. The van der Waals surface area contributed by atoms with Crippen LogP contribution in [0.15, 0.2) is 41.1 Å². The summed E-state index contributed by atoms with van der Waals surface area (Å²) >= 11 is 3.51. The summed E-state index contributed by atoms with van der Waals surface area (Å²) in [4.78, 5) is 21.2. The molecule has 2 aromatic rings. The lowest BCUT2D eigenvalue weighted by Crippen LogP contribution is -2.48.